The van der Waals surface area contributed by atoms with Crippen molar-refractivity contribution in [3.8, 4) is 6.01 Å². The van der Waals surface area contributed by atoms with Gasteiger partial charge >= 0.3 is 6.01 Å². The third-order valence-electron chi connectivity index (χ3n) is 5.67. The van der Waals surface area contributed by atoms with Crippen LogP contribution >= 0.6 is 22.6 Å². The fourth-order valence-corrected chi connectivity index (χ4v) is 5.41. The molecule has 1 spiro atoms. The summed E-state index contributed by atoms with van der Waals surface area (Å²) in [4.78, 5) is 15.6. The zero-order chi connectivity index (χ0) is 16.6. The molecular weight excluding hydrogens is 427 g/mol. The second-order valence-corrected chi connectivity index (χ2v) is 8.08. The molecule has 0 aromatic carbocycles. The molecule has 1 saturated carbocycles. The Labute approximate surface area is 152 Å². The highest BCUT2D eigenvalue weighted by molar-refractivity contribution is 14.1. The van der Waals surface area contributed by atoms with Crippen molar-refractivity contribution in [1.29, 1.82) is 0 Å². The standard InChI is InChI=1S/C16H19IN2O5/c1-14-11(22-16(24-14)5-2-3-6-16)15(8-17)9-21-13-18-10(20)4-7-19(13)12(14)23-15/h4,7,11-12H,2-3,5-6,8-9H2,1H3/t11-,12+,14+,15+/m0/s1. The van der Waals surface area contributed by atoms with E-state index in [1.807, 2.05) is 0 Å². The summed E-state index contributed by atoms with van der Waals surface area (Å²) in [6.45, 7) is 2.35. The van der Waals surface area contributed by atoms with E-state index in [0.717, 1.165) is 25.7 Å². The predicted octanol–water partition coefficient (Wildman–Crippen LogP) is 1.78. The third-order valence-corrected chi connectivity index (χ3v) is 6.96. The van der Waals surface area contributed by atoms with Gasteiger partial charge in [0.25, 0.3) is 5.56 Å². The van der Waals surface area contributed by atoms with Crippen molar-refractivity contribution in [2.75, 3.05) is 11.0 Å². The van der Waals surface area contributed by atoms with Gasteiger partial charge in [0.05, 0.1) is 0 Å². The number of halogens is 1. The van der Waals surface area contributed by atoms with E-state index in [0.29, 0.717) is 11.0 Å². The molecule has 2 bridgehead atoms. The van der Waals surface area contributed by atoms with Crippen molar-refractivity contribution in [2.24, 2.45) is 0 Å². The summed E-state index contributed by atoms with van der Waals surface area (Å²) >= 11 is 2.31. The Hall–Kier alpha value is -0.710. The Kier molecular flexibility index (Phi) is 3.19. The average Bonchev–Trinajstić information content (AvgIpc) is 3.15. The molecule has 2 saturated heterocycles. The first-order chi connectivity index (χ1) is 11.5. The molecule has 1 aromatic heterocycles. The zero-order valence-corrected chi connectivity index (χ0v) is 15.5. The van der Waals surface area contributed by atoms with Gasteiger partial charge in [-0.05, 0) is 19.8 Å². The molecule has 130 valence electrons. The third kappa shape index (κ3) is 1.88. The Morgan fingerprint density at radius 3 is 2.92 bits per heavy atom. The van der Waals surface area contributed by atoms with Crippen molar-refractivity contribution in [2.45, 2.75) is 61.9 Å². The van der Waals surface area contributed by atoms with E-state index in [2.05, 4.69) is 34.5 Å². The van der Waals surface area contributed by atoms with Gasteiger partial charge in [0.15, 0.2) is 12.0 Å². The predicted molar refractivity (Wildman–Crippen MR) is 91.3 cm³/mol. The lowest BCUT2D eigenvalue weighted by atomic mass is 9.89. The van der Waals surface area contributed by atoms with Gasteiger partial charge in [0.1, 0.15) is 23.9 Å². The lowest BCUT2D eigenvalue weighted by molar-refractivity contribution is -0.241. The van der Waals surface area contributed by atoms with Gasteiger partial charge in [-0.1, -0.05) is 22.6 Å². The van der Waals surface area contributed by atoms with Crippen LogP contribution in [0.25, 0.3) is 0 Å². The molecule has 5 rings (SSSR count). The molecule has 0 unspecified atom stereocenters. The van der Waals surface area contributed by atoms with Crippen LogP contribution in [-0.2, 0) is 14.2 Å². The monoisotopic (exact) mass is 446 g/mol. The number of hydrogen-bond donors (Lipinski definition) is 0. The molecule has 3 aliphatic heterocycles. The Balaban J connectivity index is 1.66. The summed E-state index contributed by atoms with van der Waals surface area (Å²) in [5.41, 5.74) is -1.56. The molecule has 4 heterocycles. The Morgan fingerprint density at radius 2 is 2.17 bits per heavy atom. The first-order valence-electron chi connectivity index (χ1n) is 8.34. The maximum Gasteiger partial charge on any atom is 0.302 e. The summed E-state index contributed by atoms with van der Waals surface area (Å²) in [7, 11) is 0. The van der Waals surface area contributed by atoms with Gasteiger partial charge in [-0.3, -0.25) is 9.36 Å². The smallest absolute Gasteiger partial charge is 0.302 e. The molecule has 7 nitrogen and oxygen atoms in total. The number of fused-ring (bicyclic) bond motifs is 7. The largest absolute Gasteiger partial charge is 0.461 e. The fourth-order valence-electron chi connectivity index (χ4n) is 4.61. The highest BCUT2D eigenvalue weighted by atomic mass is 127. The molecule has 4 aliphatic rings. The van der Waals surface area contributed by atoms with E-state index in [1.165, 1.54) is 6.07 Å². The van der Waals surface area contributed by atoms with Crippen LogP contribution in [0, 0.1) is 0 Å². The quantitative estimate of drug-likeness (QED) is 0.484. The minimum atomic E-state index is -0.634. The maximum absolute atomic E-state index is 11.6. The molecule has 1 aromatic rings. The van der Waals surface area contributed by atoms with E-state index in [9.17, 15) is 4.79 Å². The average molecular weight is 446 g/mol. The van der Waals surface area contributed by atoms with Crippen LogP contribution in [0.2, 0.25) is 0 Å². The number of aromatic nitrogens is 2. The topological polar surface area (TPSA) is 71.8 Å². The lowest BCUT2D eigenvalue weighted by Gasteiger charge is -2.32. The second kappa shape index (κ2) is 4.93. The van der Waals surface area contributed by atoms with Crippen molar-refractivity contribution in [3.05, 3.63) is 22.6 Å². The summed E-state index contributed by atoms with van der Waals surface area (Å²) < 4.78 is 27.8. The summed E-state index contributed by atoms with van der Waals surface area (Å²) in [6, 6.07) is 1.71. The van der Waals surface area contributed by atoms with Crippen LogP contribution in [-0.4, -0.2) is 43.7 Å². The van der Waals surface area contributed by atoms with E-state index in [1.54, 1.807) is 10.8 Å². The van der Waals surface area contributed by atoms with Crippen LogP contribution in [0.3, 0.4) is 0 Å². The Morgan fingerprint density at radius 1 is 1.38 bits per heavy atom. The molecule has 4 atom stereocenters. The van der Waals surface area contributed by atoms with E-state index in [4.69, 9.17) is 18.9 Å². The lowest BCUT2D eigenvalue weighted by Crippen LogP contribution is -2.53. The number of hydrogen-bond acceptors (Lipinski definition) is 6. The van der Waals surface area contributed by atoms with Crippen molar-refractivity contribution in [3.63, 3.8) is 0 Å². The minimum absolute atomic E-state index is 0.211. The summed E-state index contributed by atoms with van der Waals surface area (Å²) in [5.74, 6) is -0.504. The SMILES string of the molecule is C[C@@]12OC3(CCCC3)O[C@@H]1[C@@]1(CI)COc3nc(=O)ccn3[C@@H]2O1. The van der Waals surface area contributed by atoms with Gasteiger partial charge in [-0.15, -0.1) is 0 Å². The van der Waals surface area contributed by atoms with Gasteiger partial charge in [-0.25, -0.2) is 0 Å². The molecule has 8 heteroatoms. The van der Waals surface area contributed by atoms with Gasteiger partial charge in [0.2, 0.25) is 0 Å². The number of nitrogens with zero attached hydrogens (tertiary/aromatic N) is 2. The molecular formula is C16H19IN2O5. The van der Waals surface area contributed by atoms with Crippen LogP contribution in [0.5, 0.6) is 6.01 Å². The second-order valence-electron chi connectivity index (χ2n) is 7.31. The van der Waals surface area contributed by atoms with Crippen LogP contribution in [0.15, 0.2) is 17.1 Å². The van der Waals surface area contributed by atoms with E-state index >= 15 is 0 Å². The van der Waals surface area contributed by atoms with Gasteiger partial charge < -0.3 is 18.9 Å². The molecule has 0 amide bonds. The van der Waals surface area contributed by atoms with Crippen LogP contribution in [0.1, 0.15) is 38.8 Å². The number of alkyl halides is 1. The van der Waals surface area contributed by atoms with Gasteiger partial charge in [-0.2, -0.15) is 4.98 Å². The fraction of sp³-hybridized carbons (Fsp3) is 0.750. The molecule has 0 radical (unpaired) electrons. The molecule has 1 aliphatic carbocycles. The molecule has 3 fully saturated rings. The summed E-state index contributed by atoms with van der Waals surface area (Å²) in [6.07, 6.45) is 5.11. The first kappa shape index (κ1) is 15.5. The van der Waals surface area contributed by atoms with Crippen LogP contribution in [0.4, 0.5) is 0 Å². The summed E-state index contributed by atoms with van der Waals surface area (Å²) in [5, 5.41) is 0. The van der Waals surface area contributed by atoms with E-state index < -0.39 is 23.2 Å². The van der Waals surface area contributed by atoms with Crippen molar-refractivity contribution in [1.82, 2.24) is 9.55 Å². The van der Waals surface area contributed by atoms with Crippen molar-refractivity contribution < 1.29 is 18.9 Å². The van der Waals surface area contributed by atoms with Gasteiger partial charge in [0, 0.05) is 29.5 Å². The number of ether oxygens (including phenoxy) is 4. The normalized spacial score (nSPS) is 41.8. The van der Waals surface area contributed by atoms with E-state index in [-0.39, 0.29) is 17.7 Å². The maximum atomic E-state index is 11.6. The zero-order valence-electron chi connectivity index (χ0n) is 13.4. The number of rotatable bonds is 1. The van der Waals surface area contributed by atoms with Crippen LogP contribution < -0.4 is 10.3 Å². The molecule has 0 N–H and O–H groups in total. The minimum Gasteiger partial charge on any atom is -0.461 e. The highest BCUT2D eigenvalue weighted by Gasteiger charge is 2.72. The highest BCUT2D eigenvalue weighted by Crippen LogP contribution is 2.59. The Bertz CT molecular complexity index is 748. The first-order valence-corrected chi connectivity index (χ1v) is 9.87. The van der Waals surface area contributed by atoms with Crippen molar-refractivity contribution >= 4 is 22.6 Å². The molecule has 24 heavy (non-hydrogen) atoms.